The molecule has 9 heteroatoms. The van der Waals surface area contributed by atoms with E-state index < -0.39 is 34.4 Å². The number of esters is 1. The van der Waals surface area contributed by atoms with E-state index in [4.69, 9.17) is 9.47 Å². The third-order valence-electron chi connectivity index (χ3n) is 4.02. The van der Waals surface area contributed by atoms with E-state index in [9.17, 15) is 22.8 Å². The lowest BCUT2D eigenvalue weighted by Crippen LogP contribution is -2.38. The van der Waals surface area contributed by atoms with E-state index in [1.54, 1.807) is 24.3 Å². The van der Waals surface area contributed by atoms with Gasteiger partial charge in [0.2, 0.25) is 0 Å². The van der Waals surface area contributed by atoms with Crippen LogP contribution in [0.25, 0.3) is 0 Å². The fourth-order valence-corrected chi connectivity index (χ4v) is 4.26. The summed E-state index contributed by atoms with van der Waals surface area (Å²) in [6.07, 6.45) is 0.888. The SMILES string of the molecule is CC(=O)c1ccc(OCCCC(=O)OCC(=O)N[C@@H]2CCS(=O)(=O)C2)cc1. The first-order chi connectivity index (χ1) is 12.7. The van der Waals surface area contributed by atoms with Crippen LogP contribution in [0.4, 0.5) is 0 Å². The fraction of sp³-hybridized carbons (Fsp3) is 0.500. The van der Waals surface area contributed by atoms with Gasteiger partial charge in [-0.2, -0.15) is 0 Å². The van der Waals surface area contributed by atoms with Gasteiger partial charge in [-0.05, 0) is 44.0 Å². The Hall–Kier alpha value is -2.42. The van der Waals surface area contributed by atoms with Crippen LogP contribution in [-0.2, 0) is 24.2 Å². The number of rotatable bonds is 9. The zero-order chi connectivity index (χ0) is 19.9. The number of carbonyl (C=O) groups excluding carboxylic acids is 3. The summed E-state index contributed by atoms with van der Waals surface area (Å²) in [4.78, 5) is 34.5. The molecule has 1 aromatic rings. The van der Waals surface area contributed by atoms with Crippen molar-refractivity contribution in [1.29, 1.82) is 0 Å². The van der Waals surface area contributed by atoms with Crippen molar-refractivity contribution in [2.75, 3.05) is 24.7 Å². The first-order valence-corrected chi connectivity index (χ1v) is 10.5. The summed E-state index contributed by atoms with van der Waals surface area (Å²) < 4.78 is 33.0. The zero-order valence-corrected chi connectivity index (χ0v) is 15.9. The molecule has 0 spiro atoms. The van der Waals surface area contributed by atoms with Gasteiger partial charge < -0.3 is 14.8 Å². The van der Waals surface area contributed by atoms with Gasteiger partial charge in [0.05, 0.1) is 18.1 Å². The molecule has 1 fully saturated rings. The highest BCUT2D eigenvalue weighted by molar-refractivity contribution is 7.91. The van der Waals surface area contributed by atoms with E-state index in [-0.39, 0.29) is 23.7 Å². The minimum absolute atomic E-state index is 0.0251. The zero-order valence-electron chi connectivity index (χ0n) is 15.1. The van der Waals surface area contributed by atoms with Crippen molar-refractivity contribution in [2.45, 2.75) is 32.2 Å². The van der Waals surface area contributed by atoms with Crippen molar-refractivity contribution in [2.24, 2.45) is 0 Å². The third kappa shape index (κ3) is 7.38. The lowest BCUT2D eigenvalue weighted by molar-refractivity contribution is -0.148. The average molecular weight is 397 g/mol. The molecular formula is C18H23NO7S. The van der Waals surface area contributed by atoms with Crippen LogP contribution >= 0.6 is 0 Å². The highest BCUT2D eigenvalue weighted by Gasteiger charge is 2.28. The molecule has 0 saturated carbocycles. The number of ether oxygens (including phenoxy) is 2. The summed E-state index contributed by atoms with van der Waals surface area (Å²) in [6, 6.07) is 6.29. The van der Waals surface area contributed by atoms with Gasteiger partial charge in [0.1, 0.15) is 5.75 Å². The van der Waals surface area contributed by atoms with E-state index >= 15 is 0 Å². The second kappa shape index (κ2) is 9.50. The number of nitrogens with one attached hydrogen (secondary N) is 1. The topological polar surface area (TPSA) is 116 Å². The molecule has 2 rings (SSSR count). The van der Waals surface area contributed by atoms with Crippen LogP contribution in [0, 0.1) is 0 Å². The van der Waals surface area contributed by atoms with Crippen molar-refractivity contribution in [3.8, 4) is 5.75 Å². The lowest BCUT2D eigenvalue weighted by atomic mass is 10.1. The molecule has 1 saturated heterocycles. The monoisotopic (exact) mass is 397 g/mol. The number of Topliss-reactive ketones (excluding diaryl/α,β-unsaturated/α-hetero) is 1. The van der Waals surface area contributed by atoms with Gasteiger partial charge in [-0.15, -0.1) is 0 Å². The number of carbonyl (C=O) groups is 3. The Labute approximate surface area is 158 Å². The number of hydrogen-bond donors (Lipinski definition) is 1. The van der Waals surface area contributed by atoms with Gasteiger partial charge in [-0.25, -0.2) is 8.42 Å². The Bertz CT molecular complexity index is 786. The summed E-state index contributed by atoms with van der Waals surface area (Å²) >= 11 is 0. The van der Waals surface area contributed by atoms with Gasteiger partial charge in [-0.3, -0.25) is 14.4 Å². The molecule has 1 N–H and O–H groups in total. The van der Waals surface area contributed by atoms with Gasteiger partial charge in [0, 0.05) is 18.0 Å². The normalized spacial score (nSPS) is 17.9. The smallest absolute Gasteiger partial charge is 0.306 e. The van der Waals surface area contributed by atoms with Gasteiger partial charge in [-0.1, -0.05) is 0 Å². The predicted octanol–water partition coefficient (Wildman–Crippen LogP) is 0.895. The van der Waals surface area contributed by atoms with E-state index in [0.717, 1.165) is 0 Å². The van der Waals surface area contributed by atoms with Gasteiger partial charge >= 0.3 is 5.97 Å². The van der Waals surface area contributed by atoms with Gasteiger partial charge in [0.25, 0.3) is 5.91 Å². The molecule has 8 nitrogen and oxygen atoms in total. The maximum atomic E-state index is 11.7. The molecule has 0 bridgehead atoms. The van der Waals surface area contributed by atoms with E-state index in [1.807, 2.05) is 0 Å². The highest BCUT2D eigenvalue weighted by atomic mass is 32.2. The van der Waals surface area contributed by atoms with Crippen molar-refractivity contribution >= 4 is 27.5 Å². The van der Waals surface area contributed by atoms with Crippen molar-refractivity contribution in [1.82, 2.24) is 5.32 Å². The molecular weight excluding hydrogens is 374 g/mol. The molecule has 1 heterocycles. The molecule has 148 valence electrons. The van der Waals surface area contributed by atoms with Crippen LogP contribution in [0.3, 0.4) is 0 Å². The van der Waals surface area contributed by atoms with Crippen LogP contribution in [0.15, 0.2) is 24.3 Å². The summed E-state index contributed by atoms with van der Waals surface area (Å²) in [6.45, 7) is 1.35. The lowest BCUT2D eigenvalue weighted by Gasteiger charge is -2.11. The number of sulfone groups is 1. The molecule has 27 heavy (non-hydrogen) atoms. The number of ketones is 1. The summed E-state index contributed by atoms with van der Waals surface area (Å²) in [5.41, 5.74) is 0.597. The first-order valence-electron chi connectivity index (χ1n) is 8.64. The Morgan fingerprint density at radius 1 is 1.19 bits per heavy atom. The Balaban J connectivity index is 1.58. The standard InChI is InChI=1S/C18H23NO7S/c1-13(20)14-4-6-16(7-5-14)25-9-2-3-18(22)26-11-17(21)19-15-8-10-27(23,24)12-15/h4-7,15H,2-3,8-12H2,1H3,(H,19,21)/t15-/m1/s1. The van der Waals surface area contributed by atoms with Crippen LogP contribution in [0.1, 0.15) is 36.5 Å². The molecule has 0 aromatic heterocycles. The Kier molecular flexibility index (Phi) is 7.35. The maximum Gasteiger partial charge on any atom is 0.306 e. The van der Waals surface area contributed by atoms with E-state index in [0.29, 0.717) is 30.8 Å². The van der Waals surface area contributed by atoms with Crippen molar-refractivity contribution < 1.29 is 32.3 Å². The second-order valence-electron chi connectivity index (χ2n) is 6.36. The third-order valence-corrected chi connectivity index (χ3v) is 5.78. The molecule has 0 radical (unpaired) electrons. The minimum atomic E-state index is -3.07. The number of amides is 1. The fourth-order valence-electron chi connectivity index (χ4n) is 2.59. The summed E-state index contributed by atoms with van der Waals surface area (Å²) in [5.74, 6) is -0.471. The number of benzene rings is 1. The quantitative estimate of drug-likeness (QED) is 0.374. The molecule has 0 aliphatic carbocycles. The predicted molar refractivity (Wildman–Crippen MR) is 97.3 cm³/mol. The van der Waals surface area contributed by atoms with E-state index in [1.165, 1.54) is 6.92 Å². The van der Waals surface area contributed by atoms with Gasteiger partial charge in [0.15, 0.2) is 22.2 Å². The van der Waals surface area contributed by atoms with Crippen molar-refractivity contribution in [3.63, 3.8) is 0 Å². The summed E-state index contributed by atoms with van der Waals surface area (Å²) in [5, 5.41) is 2.55. The Morgan fingerprint density at radius 3 is 2.48 bits per heavy atom. The molecule has 1 aromatic carbocycles. The maximum absolute atomic E-state index is 11.7. The molecule has 1 aliphatic heterocycles. The van der Waals surface area contributed by atoms with Crippen LogP contribution < -0.4 is 10.1 Å². The second-order valence-corrected chi connectivity index (χ2v) is 8.59. The summed E-state index contributed by atoms with van der Waals surface area (Å²) in [7, 11) is -3.07. The average Bonchev–Trinajstić information content (AvgIpc) is 2.95. The minimum Gasteiger partial charge on any atom is -0.494 e. The Morgan fingerprint density at radius 2 is 1.89 bits per heavy atom. The number of hydrogen-bond acceptors (Lipinski definition) is 7. The van der Waals surface area contributed by atoms with Crippen LogP contribution in [-0.4, -0.2) is 56.8 Å². The molecule has 1 amide bonds. The molecule has 1 atom stereocenters. The first kappa shape index (κ1) is 20.9. The molecule has 0 unspecified atom stereocenters. The van der Waals surface area contributed by atoms with Crippen LogP contribution in [0.2, 0.25) is 0 Å². The highest BCUT2D eigenvalue weighted by Crippen LogP contribution is 2.13. The van der Waals surface area contributed by atoms with Crippen LogP contribution in [0.5, 0.6) is 5.75 Å². The largest absolute Gasteiger partial charge is 0.494 e. The molecule has 1 aliphatic rings. The van der Waals surface area contributed by atoms with Crippen molar-refractivity contribution in [3.05, 3.63) is 29.8 Å². The van der Waals surface area contributed by atoms with E-state index in [2.05, 4.69) is 5.32 Å².